The van der Waals surface area contributed by atoms with Gasteiger partial charge in [-0.2, -0.15) is 0 Å². The summed E-state index contributed by atoms with van der Waals surface area (Å²) in [6, 6.07) is 5.95. The summed E-state index contributed by atoms with van der Waals surface area (Å²) in [6.45, 7) is 1.87. The van der Waals surface area contributed by atoms with Gasteiger partial charge in [0.15, 0.2) is 0 Å². The zero-order valence-electron chi connectivity index (χ0n) is 9.35. The number of halogens is 1. The maximum Gasteiger partial charge on any atom is 0.255 e. The molecule has 90 valence electrons. The van der Waals surface area contributed by atoms with Crippen molar-refractivity contribution >= 4 is 34.2 Å². The second-order valence-electron chi connectivity index (χ2n) is 4.60. The van der Waals surface area contributed by atoms with Gasteiger partial charge in [-0.15, -0.1) is 0 Å². The molecule has 2 heterocycles. The minimum atomic E-state index is -0.248. The van der Waals surface area contributed by atoms with Crippen LogP contribution in [0.25, 0.3) is 0 Å². The Kier molecular flexibility index (Phi) is 2.74. The molecule has 17 heavy (non-hydrogen) atoms. The van der Waals surface area contributed by atoms with Gasteiger partial charge in [0.1, 0.15) is 5.66 Å². The number of rotatable bonds is 0. The first-order valence-electron chi connectivity index (χ1n) is 5.80. The van der Waals surface area contributed by atoms with E-state index in [2.05, 4.69) is 38.5 Å². The van der Waals surface area contributed by atoms with Crippen LogP contribution in [0.3, 0.4) is 0 Å². The van der Waals surface area contributed by atoms with Crippen LogP contribution in [0.5, 0.6) is 0 Å². The predicted octanol–water partition coefficient (Wildman–Crippen LogP) is 1.53. The SMILES string of the molecule is O=C1NC2(CCNCC2)Nc2ccc(I)cc21. The standard InChI is InChI=1S/C12H14IN3O/c13-8-1-2-10-9(7-8)11(17)16-12(15-10)3-5-14-6-4-12/h1-2,7,14-15H,3-6H2,(H,16,17). The van der Waals surface area contributed by atoms with E-state index in [9.17, 15) is 4.79 Å². The van der Waals surface area contributed by atoms with Gasteiger partial charge < -0.3 is 16.0 Å². The summed E-state index contributed by atoms with van der Waals surface area (Å²) < 4.78 is 1.08. The van der Waals surface area contributed by atoms with Gasteiger partial charge >= 0.3 is 0 Å². The van der Waals surface area contributed by atoms with Crippen molar-refractivity contribution in [3.8, 4) is 0 Å². The van der Waals surface area contributed by atoms with Gasteiger partial charge in [-0.25, -0.2) is 0 Å². The smallest absolute Gasteiger partial charge is 0.255 e. The summed E-state index contributed by atoms with van der Waals surface area (Å²) in [5, 5.41) is 9.93. The molecule has 0 bridgehead atoms. The molecule has 0 saturated carbocycles. The highest BCUT2D eigenvalue weighted by Gasteiger charge is 2.38. The van der Waals surface area contributed by atoms with E-state index >= 15 is 0 Å². The van der Waals surface area contributed by atoms with E-state index in [1.54, 1.807) is 0 Å². The lowest BCUT2D eigenvalue weighted by molar-refractivity contribution is 0.0881. The van der Waals surface area contributed by atoms with Crippen LogP contribution in [0.2, 0.25) is 0 Å². The monoisotopic (exact) mass is 343 g/mol. The first-order valence-corrected chi connectivity index (χ1v) is 6.87. The number of nitrogens with one attached hydrogen (secondary N) is 3. The molecule has 0 aliphatic carbocycles. The van der Waals surface area contributed by atoms with Gasteiger partial charge in [-0.1, -0.05) is 0 Å². The van der Waals surface area contributed by atoms with Crippen molar-refractivity contribution < 1.29 is 4.79 Å². The predicted molar refractivity (Wildman–Crippen MR) is 75.1 cm³/mol. The summed E-state index contributed by atoms with van der Waals surface area (Å²) >= 11 is 2.22. The van der Waals surface area contributed by atoms with E-state index in [0.717, 1.165) is 40.8 Å². The van der Waals surface area contributed by atoms with Crippen molar-refractivity contribution in [2.75, 3.05) is 18.4 Å². The number of amides is 1. The summed E-state index contributed by atoms with van der Waals surface area (Å²) in [4.78, 5) is 12.1. The van der Waals surface area contributed by atoms with E-state index in [4.69, 9.17) is 0 Å². The quantitative estimate of drug-likeness (QED) is 0.627. The molecule has 1 spiro atoms. The van der Waals surface area contributed by atoms with Gasteiger partial charge in [-0.05, 0) is 53.9 Å². The fourth-order valence-corrected chi connectivity index (χ4v) is 2.98. The molecule has 1 fully saturated rings. The van der Waals surface area contributed by atoms with E-state index in [-0.39, 0.29) is 11.6 Å². The Labute approximate surface area is 114 Å². The molecule has 0 atom stereocenters. The number of fused-ring (bicyclic) bond motifs is 1. The minimum absolute atomic E-state index is 0.0409. The summed E-state index contributed by atoms with van der Waals surface area (Å²) in [5.74, 6) is 0.0409. The van der Waals surface area contributed by atoms with Crippen LogP contribution < -0.4 is 16.0 Å². The lowest BCUT2D eigenvalue weighted by Crippen LogP contribution is -2.61. The molecule has 1 aromatic rings. The summed E-state index contributed by atoms with van der Waals surface area (Å²) in [7, 11) is 0. The van der Waals surface area contributed by atoms with Crippen molar-refractivity contribution in [3.63, 3.8) is 0 Å². The highest BCUT2D eigenvalue weighted by molar-refractivity contribution is 14.1. The van der Waals surface area contributed by atoms with Crippen LogP contribution in [0.15, 0.2) is 18.2 Å². The number of carbonyl (C=O) groups excluding carboxylic acids is 1. The van der Waals surface area contributed by atoms with Gasteiger partial charge in [0.25, 0.3) is 5.91 Å². The second kappa shape index (κ2) is 4.13. The van der Waals surface area contributed by atoms with Gasteiger partial charge in [0, 0.05) is 22.1 Å². The molecule has 1 saturated heterocycles. The fraction of sp³-hybridized carbons (Fsp3) is 0.417. The maximum absolute atomic E-state index is 12.1. The third-order valence-electron chi connectivity index (χ3n) is 3.41. The lowest BCUT2D eigenvalue weighted by atomic mass is 9.93. The Morgan fingerprint density at radius 3 is 2.71 bits per heavy atom. The number of hydrogen-bond acceptors (Lipinski definition) is 3. The van der Waals surface area contributed by atoms with Crippen molar-refractivity contribution in [3.05, 3.63) is 27.3 Å². The number of benzene rings is 1. The molecule has 0 unspecified atom stereocenters. The number of anilines is 1. The third-order valence-corrected chi connectivity index (χ3v) is 4.08. The summed E-state index contributed by atoms with van der Waals surface area (Å²) in [6.07, 6.45) is 1.84. The van der Waals surface area contributed by atoms with Crippen molar-refractivity contribution in [2.45, 2.75) is 18.5 Å². The number of piperidine rings is 1. The van der Waals surface area contributed by atoms with Crippen molar-refractivity contribution in [1.82, 2.24) is 10.6 Å². The lowest BCUT2D eigenvalue weighted by Gasteiger charge is -2.43. The first-order chi connectivity index (χ1) is 8.19. The molecule has 0 aromatic heterocycles. The van der Waals surface area contributed by atoms with E-state index in [1.807, 2.05) is 18.2 Å². The van der Waals surface area contributed by atoms with Gasteiger partial charge in [0.2, 0.25) is 0 Å². The number of carbonyl (C=O) groups is 1. The molecule has 3 rings (SSSR count). The Morgan fingerprint density at radius 1 is 1.18 bits per heavy atom. The molecular formula is C12H14IN3O. The number of hydrogen-bond donors (Lipinski definition) is 3. The van der Waals surface area contributed by atoms with E-state index in [1.165, 1.54) is 0 Å². The third kappa shape index (κ3) is 2.01. The fourth-order valence-electron chi connectivity index (χ4n) is 2.49. The van der Waals surface area contributed by atoms with Crippen LogP contribution in [0.4, 0.5) is 5.69 Å². The average Bonchev–Trinajstić information content (AvgIpc) is 2.31. The van der Waals surface area contributed by atoms with Crippen LogP contribution in [-0.4, -0.2) is 24.7 Å². The Balaban J connectivity index is 1.97. The second-order valence-corrected chi connectivity index (χ2v) is 5.85. The summed E-state index contributed by atoms with van der Waals surface area (Å²) in [5.41, 5.74) is 1.46. The van der Waals surface area contributed by atoms with Crippen LogP contribution in [-0.2, 0) is 0 Å². The average molecular weight is 343 g/mol. The molecule has 4 nitrogen and oxygen atoms in total. The highest BCUT2D eigenvalue weighted by Crippen LogP contribution is 2.30. The Morgan fingerprint density at radius 2 is 1.94 bits per heavy atom. The van der Waals surface area contributed by atoms with Gasteiger partial charge in [0.05, 0.1) is 5.56 Å². The molecular weight excluding hydrogens is 329 g/mol. The molecule has 1 amide bonds. The van der Waals surface area contributed by atoms with Crippen LogP contribution >= 0.6 is 22.6 Å². The zero-order chi connectivity index (χ0) is 11.9. The molecule has 0 radical (unpaired) electrons. The van der Waals surface area contributed by atoms with E-state index < -0.39 is 0 Å². The zero-order valence-corrected chi connectivity index (χ0v) is 11.5. The molecule has 1 aromatic carbocycles. The normalized spacial score (nSPS) is 21.6. The highest BCUT2D eigenvalue weighted by atomic mass is 127. The van der Waals surface area contributed by atoms with Crippen molar-refractivity contribution in [2.24, 2.45) is 0 Å². The molecule has 5 heteroatoms. The van der Waals surface area contributed by atoms with Crippen LogP contribution in [0.1, 0.15) is 23.2 Å². The first kappa shape index (κ1) is 11.3. The Bertz CT molecular complexity index is 469. The largest absolute Gasteiger partial charge is 0.362 e. The minimum Gasteiger partial charge on any atom is -0.362 e. The van der Waals surface area contributed by atoms with Crippen LogP contribution in [0, 0.1) is 3.57 Å². The molecule has 2 aliphatic heterocycles. The molecule has 3 N–H and O–H groups in total. The topological polar surface area (TPSA) is 53.2 Å². The Hall–Kier alpha value is -0.820. The maximum atomic E-state index is 12.1. The van der Waals surface area contributed by atoms with E-state index in [0.29, 0.717) is 0 Å². The van der Waals surface area contributed by atoms with Crippen molar-refractivity contribution in [1.29, 1.82) is 0 Å². The van der Waals surface area contributed by atoms with Gasteiger partial charge in [-0.3, -0.25) is 4.79 Å². The molecule has 2 aliphatic rings.